The first kappa shape index (κ1) is 20.0. The van der Waals surface area contributed by atoms with Gasteiger partial charge in [0.05, 0.1) is 11.4 Å². The Morgan fingerprint density at radius 2 is 1.66 bits per heavy atom. The Morgan fingerprint density at radius 3 is 2.31 bits per heavy atom. The van der Waals surface area contributed by atoms with Crippen molar-refractivity contribution in [3.63, 3.8) is 0 Å². The molecule has 2 aromatic carbocycles. The molecule has 0 atom stereocenters. The van der Waals surface area contributed by atoms with Crippen molar-refractivity contribution in [2.75, 3.05) is 26.2 Å². The van der Waals surface area contributed by atoms with Gasteiger partial charge in [-0.25, -0.2) is 8.42 Å². The van der Waals surface area contributed by atoms with E-state index in [4.69, 9.17) is 16.1 Å². The van der Waals surface area contributed by atoms with Gasteiger partial charge in [-0.2, -0.15) is 9.29 Å². The normalized spacial score (nSPS) is 16.2. The molecule has 0 unspecified atom stereocenters. The van der Waals surface area contributed by atoms with Crippen molar-refractivity contribution < 1.29 is 12.9 Å². The highest BCUT2D eigenvalue weighted by Crippen LogP contribution is 2.21. The molecule has 1 aliphatic rings. The van der Waals surface area contributed by atoms with Crippen molar-refractivity contribution in [3.05, 3.63) is 65.0 Å². The van der Waals surface area contributed by atoms with E-state index in [2.05, 4.69) is 15.0 Å². The van der Waals surface area contributed by atoms with E-state index in [1.165, 1.54) is 4.31 Å². The number of hydrogen-bond donors (Lipinski definition) is 0. The van der Waals surface area contributed by atoms with Gasteiger partial charge < -0.3 is 4.52 Å². The maximum absolute atomic E-state index is 12.8. The lowest BCUT2D eigenvalue weighted by atomic mass is 10.2. The predicted molar refractivity (Wildman–Crippen MR) is 110 cm³/mol. The minimum absolute atomic E-state index is 0.334. The smallest absolute Gasteiger partial charge is 0.243 e. The van der Waals surface area contributed by atoms with Crippen molar-refractivity contribution >= 4 is 21.6 Å². The molecule has 9 heteroatoms. The molecule has 0 N–H and O–H groups in total. The van der Waals surface area contributed by atoms with Gasteiger partial charge in [-0.15, -0.1) is 0 Å². The Morgan fingerprint density at radius 1 is 1.00 bits per heavy atom. The van der Waals surface area contributed by atoms with Crippen LogP contribution < -0.4 is 0 Å². The topological polar surface area (TPSA) is 79.5 Å². The molecular formula is C20H21ClN4O3S. The Balaban J connectivity index is 1.37. The zero-order chi connectivity index (χ0) is 20.4. The number of nitrogens with zero attached hydrogens (tertiary/aromatic N) is 4. The molecule has 1 aromatic heterocycles. The summed E-state index contributed by atoms with van der Waals surface area (Å²) in [5.74, 6) is 1.02. The van der Waals surface area contributed by atoms with Gasteiger partial charge in [-0.1, -0.05) is 34.5 Å². The largest absolute Gasteiger partial charge is 0.338 e. The van der Waals surface area contributed by atoms with E-state index in [-0.39, 0.29) is 0 Å². The maximum atomic E-state index is 12.8. The molecule has 3 aromatic rings. The van der Waals surface area contributed by atoms with Crippen LogP contribution >= 0.6 is 11.6 Å². The lowest BCUT2D eigenvalue weighted by Crippen LogP contribution is -2.48. The number of aromatic nitrogens is 2. The number of aryl methyl sites for hydroxylation is 1. The quantitative estimate of drug-likeness (QED) is 0.616. The van der Waals surface area contributed by atoms with Crippen molar-refractivity contribution in [1.29, 1.82) is 0 Å². The van der Waals surface area contributed by atoms with Crippen molar-refractivity contribution in [2.45, 2.75) is 18.4 Å². The van der Waals surface area contributed by atoms with Gasteiger partial charge in [-0.05, 0) is 43.3 Å². The van der Waals surface area contributed by atoms with Crippen LogP contribution in [-0.2, 0) is 16.6 Å². The zero-order valence-corrected chi connectivity index (χ0v) is 17.5. The average molecular weight is 433 g/mol. The summed E-state index contributed by atoms with van der Waals surface area (Å²) in [4.78, 5) is 6.88. The highest BCUT2D eigenvalue weighted by atomic mass is 35.5. The first-order chi connectivity index (χ1) is 13.9. The second-order valence-corrected chi connectivity index (χ2v) is 9.39. The van der Waals surface area contributed by atoms with E-state index in [1.807, 2.05) is 31.2 Å². The lowest BCUT2D eigenvalue weighted by molar-refractivity contribution is 0.163. The molecule has 2 heterocycles. The van der Waals surface area contributed by atoms with Crippen molar-refractivity contribution in [2.24, 2.45) is 0 Å². The van der Waals surface area contributed by atoms with Crippen LogP contribution in [0, 0.1) is 6.92 Å². The van der Waals surface area contributed by atoms with Gasteiger partial charge >= 0.3 is 0 Å². The number of halogens is 1. The summed E-state index contributed by atoms with van der Waals surface area (Å²) >= 11 is 5.91. The predicted octanol–water partition coefficient (Wildman–Crippen LogP) is 3.20. The number of hydrogen-bond acceptors (Lipinski definition) is 6. The summed E-state index contributed by atoms with van der Waals surface area (Å²) in [6, 6.07) is 14.2. The monoisotopic (exact) mass is 432 g/mol. The molecule has 4 rings (SSSR count). The van der Waals surface area contributed by atoms with E-state index >= 15 is 0 Å². The fraction of sp³-hybridized carbons (Fsp3) is 0.300. The van der Waals surface area contributed by atoms with E-state index < -0.39 is 10.0 Å². The summed E-state index contributed by atoms with van der Waals surface area (Å²) in [5, 5.41) is 4.67. The number of benzene rings is 2. The van der Waals surface area contributed by atoms with Gasteiger partial charge in [0.15, 0.2) is 0 Å². The van der Waals surface area contributed by atoms with Crippen LogP contribution in [0.2, 0.25) is 5.02 Å². The molecule has 1 fully saturated rings. The molecule has 29 heavy (non-hydrogen) atoms. The second-order valence-electron chi connectivity index (χ2n) is 7.01. The van der Waals surface area contributed by atoms with Crippen LogP contribution in [-0.4, -0.2) is 53.9 Å². The summed E-state index contributed by atoms with van der Waals surface area (Å²) in [7, 11) is -3.47. The van der Waals surface area contributed by atoms with Crippen LogP contribution in [0.5, 0.6) is 0 Å². The number of sulfonamides is 1. The molecule has 0 amide bonds. The summed E-state index contributed by atoms with van der Waals surface area (Å²) < 4.78 is 32.5. The fourth-order valence-electron chi connectivity index (χ4n) is 3.21. The molecular weight excluding hydrogens is 412 g/mol. The van der Waals surface area contributed by atoms with Crippen LogP contribution in [0.4, 0.5) is 0 Å². The molecule has 1 saturated heterocycles. The van der Waals surface area contributed by atoms with Crippen molar-refractivity contribution in [3.8, 4) is 11.4 Å². The second kappa shape index (κ2) is 8.23. The third-order valence-corrected chi connectivity index (χ3v) is 7.08. The van der Waals surface area contributed by atoms with Crippen molar-refractivity contribution in [1.82, 2.24) is 19.3 Å². The zero-order valence-electron chi connectivity index (χ0n) is 16.0. The molecule has 0 bridgehead atoms. The summed E-state index contributed by atoms with van der Waals surface area (Å²) in [5.41, 5.74) is 1.87. The Labute approximate surface area is 174 Å². The molecule has 1 aliphatic heterocycles. The third-order valence-electron chi connectivity index (χ3n) is 4.92. The SMILES string of the molecule is Cc1ccc(S(=O)(=O)N2CCN(Cc3nc(-c4ccc(Cl)cc4)no3)CC2)cc1. The highest BCUT2D eigenvalue weighted by molar-refractivity contribution is 7.89. The molecule has 7 nitrogen and oxygen atoms in total. The Bertz CT molecular complexity index is 1070. The Hall–Kier alpha value is -2.26. The number of piperazine rings is 1. The highest BCUT2D eigenvalue weighted by Gasteiger charge is 2.29. The van der Waals surface area contributed by atoms with Gasteiger partial charge in [-0.3, -0.25) is 4.90 Å². The molecule has 0 saturated carbocycles. The first-order valence-corrected chi connectivity index (χ1v) is 11.1. The Kier molecular flexibility index (Phi) is 5.69. The molecule has 152 valence electrons. The van der Waals surface area contributed by atoms with Crippen LogP contribution in [0.15, 0.2) is 57.9 Å². The molecule has 0 spiro atoms. The first-order valence-electron chi connectivity index (χ1n) is 9.29. The lowest BCUT2D eigenvalue weighted by Gasteiger charge is -2.33. The number of rotatable bonds is 5. The molecule has 0 aliphatic carbocycles. The third kappa shape index (κ3) is 4.51. The average Bonchev–Trinajstić information content (AvgIpc) is 3.18. The van der Waals surface area contributed by atoms with Crippen LogP contribution in [0.25, 0.3) is 11.4 Å². The summed E-state index contributed by atoms with van der Waals surface area (Å²) in [6.45, 7) is 4.47. The van der Waals surface area contributed by atoms with Gasteiger partial charge in [0.25, 0.3) is 0 Å². The van der Waals surface area contributed by atoms with Gasteiger partial charge in [0, 0.05) is 36.8 Å². The van der Waals surface area contributed by atoms with Gasteiger partial charge in [0.2, 0.25) is 21.7 Å². The van der Waals surface area contributed by atoms with E-state index in [0.717, 1.165) is 11.1 Å². The van der Waals surface area contributed by atoms with Gasteiger partial charge in [0.1, 0.15) is 0 Å². The van der Waals surface area contributed by atoms with Crippen LogP contribution in [0.1, 0.15) is 11.5 Å². The van der Waals surface area contributed by atoms with Crippen LogP contribution in [0.3, 0.4) is 0 Å². The molecule has 0 radical (unpaired) electrons. The maximum Gasteiger partial charge on any atom is 0.243 e. The fourth-order valence-corrected chi connectivity index (χ4v) is 4.76. The van der Waals surface area contributed by atoms with E-state index in [9.17, 15) is 8.42 Å². The summed E-state index contributed by atoms with van der Waals surface area (Å²) in [6.07, 6.45) is 0. The van der Waals surface area contributed by atoms with E-state index in [0.29, 0.717) is 54.4 Å². The van der Waals surface area contributed by atoms with E-state index in [1.54, 1.807) is 24.3 Å². The minimum Gasteiger partial charge on any atom is -0.338 e. The minimum atomic E-state index is -3.47. The standard InChI is InChI=1S/C20H21ClN4O3S/c1-15-2-8-18(9-3-15)29(26,27)25-12-10-24(11-13-25)14-19-22-20(23-28-19)16-4-6-17(21)7-5-16/h2-9H,10-14H2,1H3.